The van der Waals surface area contributed by atoms with Crippen molar-refractivity contribution in [2.75, 3.05) is 19.4 Å². The number of ether oxygens (including phenoxy) is 1. The van der Waals surface area contributed by atoms with Crippen LogP contribution in [0.1, 0.15) is 31.9 Å². The van der Waals surface area contributed by atoms with E-state index < -0.39 is 6.04 Å². The summed E-state index contributed by atoms with van der Waals surface area (Å²) in [5.74, 6) is 1.10. The zero-order valence-corrected chi connectivity index (χ0v) is 19.4. The number of hydrogen-bond donors (Lipinski definition) is 1. The average Bonchev–Trinajstić information content (AvgIpc) is 2.76. The van der Waals surface area contributed by atoms with E-state index in [-0.39, 0.29) is 29.9 Å². The summed E-state index contributed by atoms with van der Waals surface area (Å²) < 4.78 is 19.4. The summed E-state index contributed by atoms with van der Waals surface area (Å²) >= 11 is 1.46. The Bertz CT molecular complexity index is 858. The van der Waals surface area contributed by atoms with Gasteiger partial charge in [-0.25, -0.2) is 4.39 Å². The van der Waals surface area contributed by atoms with Crippen molar-refractivity contribution in [3.05, 3.63) is 65.5 Å². The van der Waals surface area contributed by atoms with Crippen LogP contribution < -0.4 is 10.1 Å². The topological polar surface area (TPSA) is 58.6 Å². The molecule has 0 fully saturated rings. The largest absolute Gasteiger partial charge is 0.497 e. The first-order valence-electron chi connectivity index (χ1n) is 10.3. The quantitative estimate of drug-likeness (QED) is 0.560. The van der Waals surface area contributed by atoms with Gasteiger partial charge in [0.05, 0.1) is 12.9 Å². The summed E-state index contributed by atoms with van der Waals surface area (Å²) in [5, 5.41) is 2.87. The lowest BCUT2D eigenvalue weighted by atomic mass is 10.1. The molecule has 2 rings (SSSR count). The van der Waals surface area contributed by atoms with E-state index >= 15 is 0 Å². The molecule has 0 heterocycles. The molecule has 0 saturated heterocycles. The van der Waals surface area contributed by atoms with Crippen LogP contribution in [0.2, 0.25) is 0 Å². The number of thioether (sulfide) groups is 1. The van der Waals surface area contributed by atoms with Gasteiger partial charge in [0.15, 0.2) is 0 Å². The van der Waals surface area contributed by atoms with Crippen LogP contribution in [0.5, 0.6) is 5.75 Å². The molecule has 2 amide bonds. The summed E-state index contributed by atoms with van der Waals surface area (Å²) in [5.41, 5.74) is 1.46. The van der Waals surface area contributed by atoms with Crippen molar-refractivity contribution in [3.8, 4) is 5.75 Å². The molecular formula is C24H31FN2O3S. The van der Waals surface area contributed by atoms with Crippen molar-refractivity contribution in [2.45, 2.75) is 39.1 Å². The summed E-state index contributed by atoms with van der Waals surface area (Å²) in [6.07, 6.45) is 0. The molecule has 0 aliphatic heterocycles. The number of carbonyl (C=O) groups is 2. The number of carbonyl (C=O) groups excluding carboxylic acids is 2. The van der Waals surface area contributed by atoms with Crippen molar-refractivity contribution in [2.24, 2.45) is 5.92 Å². The molecule has 7 heteroatoms. The van der Waals surface area contributed by atoms with Crippen LogP contribution in [-0.4, -0.2) is 42.2 Å². The number of nitrogens with one attached hydrogen (secondary N) is 1. The van der Waals surface area contributed by atoms with E-state index in [0.717, 1.165) is 11.3 Å². The van der Waals surface area contributed by atoms with Crippen molar-refractivity contribution in [1.82, 2.24) is 10.2 Å². The van der Waals surface area contributed by atoms with Crippen LogP contribution in [0.25, 0.3) is 0 Å². The predicted molar refractivity (Wildman–Crippen MR) is 123 cm³/mol. The highest BCUT2D eigenvalue weighted by molar-refractivity contribution is 7.99. The summed E-state index contributed by atoms with van der Waals surface area (Å²) in [7, 11) is 1.62. The summed E-state index contributed by atoms with van der Waals surface area (Å²) in [6.45, 7) is 6.26. The maximum atomic E-state index is 14.2. The van der Waals surface area contributed by atoms with Gasteiger partial charge in [-0.15, -0.1) is 11.8 Å². The lowest BCUT2D eigenvalue weighted by molar-refractivity contribution is -0.138. The standard InChI is InChI=1S/C24H31FN2O3S/c1-17(2)13-26-24(29)18(3)27(14-20-7-5-6-8-22(20)25)23(28)16-31-15-19-9-11-21(30-4)12-10-19/h5-12,17-18H,13-16H2,1-4H3,(H,26,29)/t18-/m1/s1. The fraction of sp³-hybridized carbons (Fsp3) is 0.417. The molecule has 0 unspecified atom stereocenters. The van der Waals surface area contributed by atoms with Gasteiger partial charge in [-0.2, -0.15) is 0 Å². The first-order chi connectivity index (χ1) is 14.8. The molecule has 0 aliphatic rings. The van der Waals surface area contributed by atoms with E-state index in [1.165, 1.54) is 22.7 Å². The highest BCUT2D eigenvalue weighted by atomic mass is 32.2. The SMILES string of the molecule is COc1ccc(CSCC(=O)N(Cc2ccccc2F)[C@H](C)C(=O)NCC(C)C)cc1. The van der Waals surface area contributed by atoms with E-state index in [1.54, 1.807) is 32.2 Å². The molecule has 1 atom stereocenters. The van der Waals surface area contributed by atoms with Gasteiger partial charge in [0, 0.05) is 24.4 Å². The number of benzene rings is 2. The van der Waals surface area contributed by atoms with E-state index in [2.05, 4.69) is 5.32 Å². The molecule has 5 nitrogen and oxygen atoms in total. The highest BCUT2D eigenvalue weighted by Crippen LogP contribution is 2.19. The van der Waals surface area contributed by atoms with E-state index in [9.17, 15) is 14.0 Å². The van der Waals surface area contributed by atoms with Crippen LogP contribution in [-0.2, 0) is 21.9 Å². The van der Waals surface area contributed by atoms with E-state index in [0.29, 0.717) is 23.8 Å². The molecule has 0 aliphatic carbocycles. The van der Waals surface area contributed by atoms with Crippen LogP contribution in [0.15, 0.2) is 48.5 Å². The molecule has 0 spiro atoms. The zero-order chi connectivity index (χ0) is 22.8. The lowest BCUT2D eigenvalue weighted by Crippen LogP contribution is -2.48. The minimum Gasteiger partial charge on any atom is -0.497 e. The van der Waals surface area contributed by atoms with Crippen LogP contribution in [0, 0.1) is 11.7 Å². The van der Waals surface area contributed by atoms with Gasteiger partial charge >= 0.3 is 0 Å². The maximum absolute atomic E-state index is 14.2. The molecule has 2 aromatic rings. The number of nitrogens with zero attached hydrogens (tertiary/aromatic N) is 1. The van der Waals surface area contributed by atoms with Crippen LogP contribution in [0.3, 0.4) is 0 Å². The average molecular weight is 447 g/mol. The molecule has 0 aromatic heterocycles. The minimum absolute atomic E-state index is 0.0465. The van der Waals surface area contributed by atoms with Crippen LogP contribution in [0.4, 0.5) is 4.39 Å². The van der Waals surface area contributed by atoms with Gasteiger partial charge < -0.3 is 15.0 Å². The van der Waals surface area contributed by atoms with Crippen molar-refractivity contribution < 1.29 is 18.7 Å². The zero-order valence-electron chi connectivity index (χ0n) is 18.6. The second-order valence-electron chi connectivity index (χ2n) is 7.77. The molecular weight excluding hydrogens is 415 g/mol. The number of halogens is 1. The minimum atomic E-state index is -0.701. The van der Waals surface area contributed by atoms with Gasteiger partial charge in [-0.05, 0) is 36.6 Å². The Morgan fingerprint density at radius 2 is 1.77 bits per heavy atom. The summed E-state index contributed by atoms with van der Waals surface area (Å²) in [6, 6.07) is 13.3. The fourth-order valence-electron chi connectivity index (χ4n) is 2.91. The third-order valence-electron chi connectivity index (χ3n) is 4.80. The Morgan fingerprint density at radius 3 is 2.39 bits per heavy atom. The van der Waals surface area contributed by atoms with Crippen molar-refractivity contribution >= 4 is 23.6 Å². The predicted octanol–water partition coefficient (Wildman–Crippen LogP) is 4.26. The highest BCUT2D eigenvalue weighted by Gasteiger charge is 2.26. The Labute approximate surface area is 188 Å². The van der Waals surface area contributed by atoms with Gasteiger partial charge in [0.25, 0.3) is 0 Å². The van der Waals surface area contributed by atoms with Gasteiger partial charge in [0.2, 0.25) is 11.8 Å². The molecule has 1 N–H and O–H groups in total. The monoisotopic (exact) mass is 446 g/mol. The number of amides is 2. The smallest absolute Gasteiger partial charge is 0.242 e. The normalized spacial score (nSPS) is 11.8. The third kappa shape index (κ3) is 7.90. The third-order valence-corrected chi connectivity index (χ3v) is 5.79. The fourth-order valence-corrected chi connectivity index (χ4v) is 3.78. The first kappa shape index (κ1) is 24.7. The van der Waals surface area contributed by atoms with Crippen molar-refractivity contribution in [3.63, 3.8) is 0 Å². The first-order valence-corrected chi connectivity index (χ1v) is 11.5. The molecule has 2 aromatic carbocycles. The Kier molecular flexibility index (Phi) is 9.85. The van der Waals surface area contributed by atoms with E-state index in [1.807, 2.05) is 38.1 Å². The maximum Gasteiger partial charge on any atom is 0.242 e. The molecule has 31 heavy (non-hydrogen) atoms. The summed E-state index contributed by atoms with van der Waals surface area (Å²) in [4.78, 5) is 27.1. The number of hydrogen-bond acceptors (Lipinski definition) is 4. The second-order valence-corrected chi connectivity index (χ2v) is 8.75. The van der Waals surface area contributed by atoms with Gasteiger partial charge in [-0.3, -0.25) is 9.59 Å². The van der Waals surface area contributed by atoms with E-state index in [4.69, 9.17) is 4.74 Å². The molecule has 168 valence electrons. The Hall–Kier alpha value is -2.54. The molecule has 0 bridgehead atoms. The lowest BCUT2D eigenvalue weighted by Gasteiger charge is -2.29. The molecule has 0 radical (unpaired) electrons. The Balaban J connectivity index is 2.05. The Morgan fingerprint density at radius 1 is 1.10 bits per heavy atom. The second kappa shape index (κ2) is 12.3. The van der Waals surface area contributed by atoms with Crippen LogP contribution >= 0.6 is 11.8 Å². The van der Waals surface area contributed by atoms with Gasteiger partial charge in [-0.1, -0.05) is 44.2 Å². The van der Waals surface area contributed by atoms with Crippen molar-refractivity contribution in [1.29, 1.82) is 0 Å². The number of methoxy groups -OCH3 is 1. The molecule has 0 saturated carbocycles. The van der Waals surface area contributed by atoms with Gasteiger partial charge in [0.1, 0.15) is 17.6 Å². The number of rotatable bonds is 11.